The van der Waals surface area contributed by atoms with Crippen LogP contribution in [0.25, 0.3) is 0 Å². The summed E-state index contributed by atoms with van der Waals surface area (Å²) in [4.78, 5) is 27.7. The summed E-state index contributed by atoms with van der Waals surface area (Å²) in [6, 6.07) is 13.7. The van der Waals surface area contributed by atoms with Crippen LogP contribution in [0, 0.1) is 0 Å². The number of benzene rings is 2. The molecule has 0 bridgehead atoms. The molecule has 7 nitrogen and oxygen atoms in total. The normalized spacial score (nSPS) is 14.8. The van der Waals surface area contributed by atoms with E-state index in [1.807, 2.05) is 4.90 Å². The second-order valence-corrected chi connectivity index (χ2v) is 10.3. The van der Waals surface area contributed by atoms with Gasteiger partial charge in [-0.15, -0.1) is 0 Å². The van der Waals surface area contributed by atoms with Gasteiger partial charge >= 0.3 is 0 Å². The van der Waals surface area contributed by atoms with E-state index in [4.69, 9.17) is 11.6 Å². The van der Waals surface area contributed by atoms with E-state index in [0.29, 0.717) is 34.9 Å². The first-order valence-corrected chi connectivity index (χ1v) is 12.8. The van der Waals surface area contributed by atoms with Crippen molar-refractivity contribution >= 4 is 39.1 Å². The molecule has 1 aliphatic heterocycles. The molecule has 1 N–H and O–H groups in total. The van der Waals surface area contributed by atoms with Gasteiger partial charge in [0, 0.05) is 24.7 Å². The largest absolute Gasteiger partial charge is 0.339 e. The Kier molecular flexibility index (Phi) is 8.28. The number of likely N-dealkylation sites (tertiary alicyclic amines) is 1. The predicted octanol–water partition coefficient (Wildman–Crippen LogP) is 3.76. The van der Waals surface area contributed by atoms with Crippen molar-refractivity contribution in [1.82, 2.24) is 9.21 Å². The van der Waals surface area contributed by atoms with Gasteiger partial charge in [-0.05, 0) is 36.6 Å². The van der Waals surface area contributed by atoms with Gasteiger partial charge in [0.1, 0.15) is 0 Å². The predicted molar refractivity (Wildman–Crippen MR) is 126 cm³/mol. The summed E-state index contributed by atoms with van der Waals surface area (Å²) >= 11 is 6.16. The highest BCUT2D eigenvalue weighted by Crippen LogP contribution is 2.21. The third-order valence-electron chi connectivity index (χ3n) is 5.42. The third kappa shape index (κ3) is 6.54. The number of rotatable bonds is 7. The van der Waals surface area contributed by atoms with Crippen molar-refractivity contribution in [3.05, 3.63) is 64.7 Å². The van der Waals surface area contributed by atoms with Crippen molar-refractivity contribution < 1.29 is 18.0 Å². The van der Waals surface area contributed by atoms with Crippen LogP contribution in [0.4, 0.5) is 5.69 Å². The van der Waals surface area contributed by atoms with Gasteiger partial charge in [0.2, 0.25) is 15.9 Å². The van der Waals surface area contributed by atoms with Crippen molar-refractivity contribution in [2.24, 2.45) is 0 Å². The van der Waals surface area contributed by atoms with Crippen molar-refractivity contribution in [2.75, 3.05) is 31.2 Å². The summed E-state index contributed by atoms with van der Waals surface area (Å²) in [5, 5.41) is 3.15. The van der Waals surface area contributed by atoms with E-state index in [1.165, 1.54) is 0 Å². The van der Waals surface area contributed by atoms with E-state index < -0.39 is 22.5 Å². The molecule has 2 aromatic rings. The molecule has 2 aromatic carbocycles. The number of anilines is 1. The monoisotopic (exact) mass is 477 g/mol. The van der Waals surface area contributed by atoms with Crippen LogP contribution < -0.4 is 5.32 Å². The quantitative estimate of drug-likeness (QED) is 0.657. The molecule has 172 valence electrons. The number of halogens is 1. The lowest BCUT2D eigenvalue weighted by atomic mass is 10.1. The molecule has 2 amide bonds. The highest BCUT2D eigenvalue weighted by Gasteiger charge is 2.24. The van der Waals surface area contributed by atoms with Crippen LogP contribution in [0.2, 0.25) is 5.02 Å². The Bertz CT molecular complexity index is 1070. The average molecular weight is 478 g/mol. The SMILES string of the molecule is CS(=O)(=O)N(CC(=O)Nc1ccccc1C(=O)N1CCCCCC1)Cc1ccccc1Cl. The van der Waals surface area contributed by atoms with Gasteiger partial charge in [0.25, 0.3) is 5.91 Å². The minimum Gasteiger partial charge on any atom is -0.339 e. The summed E-state index contributed by atoms with van der Waals surface area (Å²) in [7, 11) is -3.68. The number of hydrogen-bond donors (Lipinski definition) is 1. The topological polar surface area (TPSA) is 86.8 Å². The van der Waals surface area contributed by atoms with Crippen LogP contribution in [-0.2, 0) is 21.4 Å². The minimum atomic E-state index is -3.68. The third-order valence-corrected chi connectivity index (χ3v) is 6.98. The maximum atomic E-state index is 13.1. The molecule has 1 saturated heterocycles. The minimum absolute atomic E-state index is 0.0275. The lowest BCUT2D eigenvalue weighted by molar-refractivity contribution is -0.116. The number of carbonyl (C=O) groups excluding carboxylic acids is 2. The molecule has 0 spiro atoms. The zero-order chi connectivity index (χ0) is 23.1. The van der Waals surface area contributed by atoms with Gasteiger partial charge in [-0.25, -0.2) is 8.42 Å². The molecule has 1 heterocycles. The van der Waals surface area contributed by atoms with Crippen LogP contribution in [-0.4, -0.2) is 55.3 Å². The molecule has 32 heavy (non-hydrogen) atoms. The molecule has 9 heteroatoms. The van der Waals surface area contributed by atoms with Crippen LogP contribution in [0.1, 0.15) is 41.6 Å². The fourth-order valence-electron chi connectivity index (χ4n) is 3.68. The molecule has 0 aromatic heterocycles. The van der Waals surface area contributed by atoms with Crippen LogP contribution in [0.3, 0.4) is 0 Å². The fraction of sp³-hybridized carbons (Fsp3) is 0.391. The van der Waals surface area contributed by atoms with Gasteiger partial charge in [-0.2, -0.15) is 4.31 Å². The lowest BCUT2D eigenvalue weighted by Gasteiger charge is -2.23. The van der Waals surface area contributed by atoms with E-state index in [-0.39, 0.29) is 12.5 Å². The molecule has 0 aliphatic carbocycles. The summed E-state index contributed by atoms with van der Waals surface area (Å²) < 4.78 is 25.6. The average Bonchev–Trinajstić information content (AvgIpc) is 3.03. The zero-order valence-electron chi connectivity index (χ0n) is 18.1. The molecule has 0 radical (unpaired) electrons. The van der Waals surface area contributed by atoms with Crippen LogP contribution >= 0.6 is 11.6 Å². The van der Waals surface area contributed by atoms with Gasteiger partial charge in [-0.1, -0.05) is 54.8 Å². The summed E-state index contributed by atoms with van der Waals surface area (Å²) in [5.74, 6) is -0.655. The van der Waals surface area contributed by atoms with Gasteiger partial charge < -0.3 is 10.2 Å². The maximum Gasteiger partial charge on any atom is 0.255 e. The zero-order valence-corrected chi connectivity index (χ0v) is 19.7. The van der Waals surface area contributed by atoms with Gasteiger partial charge in [0.15, 0.2) is 0 Å². The van der Waals surface area contributed by atoms with Gasteiger partial charge in [-0.3, -0.25) is 9.59 Å². The van der Waals surface area contributed by atoms with Crippen molar-refractivity contribution in [3.8, 4) is 0 Å². The fourth-order valence-corrected chi connectivity index (χ4v) is 4.60. The number of para-hydroxylation sites is 1. The second kappa shape index (κ2) is 10.9. The van der Waals surface area contributed by atoms with E-state index in [2.05, 4.69) is 5.32 Å². The van der Waals surface area contributed by atoms with E-state index in [9.17, 15) is 18.0 Å². The smallest absolute Gasteiger partial charge is 0.255 e. The standard InChI is InChI=1S/C23H28ClN3O4S/c1-32(30,31)27(16-18-10-4-6-12-20(18)24)17-22(28)25-21-13-7-5-11-19(21)23(29)26-14-8-2-3-9-15-26/h4-7,10-13H,2-3,8-9,14-17H2,1H3,(H,25,28). The Hall–Kier alpha value is -2.42. The summed E-state index contributed by atoms with van der Waals surface area (Å²) in [6.07, 6.45) is 5.19. The molecular formula is C23H28ClN3O4S. The molecule has 0 saturated carbocycles. The van der Waals surface area contributed by atoms with Crippen LogP contribution in [0.15, 0.2) is 48.5 Å². The van der Waals surface area contributed by atoms with E-state index in [0.717, 1.165) is 36.2 Å². The number of hydrogen-bond acceptors (Lipinski definition) is 4. The Morgan fingerprint density at radius 3 is 2.28 bits per heavy atom. The Balaban J connectivity index is 1.74. The van der Waals surface area contributed by atoms with E-state index in [1.54, 1.807) is 48.5 Å². The molecule has 3 rings (SSSR count). The molecular weight excluding hydrogens is 450 g/mol. The first-order valence-electron chi connectivity index (χ1n) is 10.6. The van der Waals surface area contributed by atoms with Crippen LogP contribution in [0.5, 0.6) is 0 Å². The van der Waals surface area contributed by atoms with Crippen molar-refractivity contribution in [1.29, 1.82) is 0 Å². The Morgan fingerprint density at radius 2 is 1.62 bits per heavy atom. The van der Waals surface area contributed by atoms with Crippen molar-refractivity contribution in [2.45, 2.75) is 32.2 Å². The van der Waals surface area contributed by atoms with E-state index >= 15 is 0 Å². The number of nitrogens with zero attached hydrogens (tertiary/aromatic N) is 2. The number of nitrogens with one attached hydrogen (secondary N) is 1. The first-order chi connectivity index (χ1) is 15.3. The second-order valence-electron chi connectivity index (χ2n) is 7.92. The first kappa shape index (κ1) is 24.2. The summed E-state index contributed by atoms with van der Waals surface area (Å²) in [5.41, 5.74) is 1.38. The maximum absolute atomic E-state index is 13.1. The Morgan fingerprint density at radius 1 is 1.00 bits per heavy atom. The Labute approximate surface area is 194 Å². The highest BCUT2D eigenvalue weighted by molar-refractivity contribution is 7.88. The summed E-state index contributed by atoms with van der Waals surface area (Å²) in [6.45, 7) is 0.970. The molecule has 1 fully saturated rings. The molecule has 0 unspecified atom stereocenters. The number of sulfonamides is 1. The highest BCUT2D eigenvalue weighted by atomic mass is 35.5. The molecule has 0 atom stereocenters. The molecule has 1 aliphatic rings. The lowest BCUT2D eigenvalue weighted by Crippen LogP contribution is -2.37. The number of amides is 2. The van der Waals surface area contributed by atoms with Gasteiger partial charge in [0.05, 0.1) is 24.1 Å². The van der Waals surface area contributed by atoms with Crippen molar-refractivity contribution in [3.63, 3.8) is 0 Å². The number of carbonyl (C=O) groups is 2.